The summed E-state index contributed by atoms with van der Waals surface area (Å²) < 4.78 is 1.76. The van der Waals surface area contributed by atoms with Crippen molar-refractivity contribution < 1.29 is 0 Å². The van der Waals surface area contributed by atoms with Gasteiger partial charge in [-0.05, 0) is 24.6 Å². The van der Waals surface area contributed by atoms with E-state index in [1.807, 2.05) is 18.2 Å². The van der Waals surface area contributed by atoms with Crippen molar-refractivity contribution in [3.05, 3.63) is 36.5 Å². The van der Waals surface area contributed by atoms with E-state index in [1.165, 1.54) is 0 Å². The Morgan fingerprint density at radius 3 is 2.88 bits per heavy atom. The van der Waals surface area contributed by atoms with Gasteiger partial charge in [-0.2, -0.15) is 9.78 Å². The van der Waals surface area contributed by atoms with Gasteiger partial charge in [-0.1, -0.05) is 19.9 Å². The van der Waals surface area contributed by atoms with E-state index in [2.05, 4.69) is 34.2 Å². The Morgan fingerprint density at radius 1 is 1.29 bits per heavy atom. The topological polar surface area (TPSA) is 55.6 Å². The first kappa shape index (κ1) is 11.7. The molecule has 0 spiro atoms. The van der Waals surface area contributed by atoms with Crippen molar-refractivity contribution in [1.82, 2.24) is 25.1 Å². The highest BCUT2D eigenvalue weighted by Crippen LogP contribution is 2.04. The summed E-state index contributed by atoms with van der Waals surface area (Å²) >= 11 is 0. The first-order valence-corrected chi connectivity index (χ1v) is 5.78. The molecule has 0 unspecified atom stereocenters. The molecule has 2 aromatic heterocycles. The van der Waals surface area contributed by atoms with Crippen LogP contribution in [0.15, 0.2) is 30.7 Å². The van der Waals surface area contributed by atoms with Crippen molar-refractivity contribution in [1.29, 1.82) is 0 Å². The normalized spacial score (nSPS) is 11.0. The molecular weight excluding hydrogens is 214 g/mol. The number of aromatic nitrogens is 4. The Balaban J connectivity index is 2.07. The van der Waals surface area contributed by atoms with E-state index in [0.29, 0.717) is 12.5 Å². The van der Waals surface area contributed by atoms with Crippen molar-refractivity contribution in [2.75, 3.05) is 6.54 Å². The maximum Gasteiger partial charge on any atom is 0.155 e. The van der Waals surface area contributed by atoms with Crippen LogP contribution < -0.4 is 5.32 Å². The van der Waals surface area contributed by atoms with Crippen molar-refractivity contribution in [2.24, 2.45) is 5.92 Å². The zero-order valence-corrected chi connectivity index (χ0v) is 10.2. The second-order valence-corrected chi connectivity index (χ2v) is 4.30. The zero-order chi connectivity index (χ0) is 12.1. The van der Waals surface area contributed by atoms with Crippen LogP contribution in [0.1, 0.15) is 19.7 Å². The molecular formula is C12H17N5. The van der Waals surface area contributed by atoms with Crippen LogP contribution in [0.5, 0.6) is 0 Å². The minimum Gasteiger partial charge on any atom is -0.310 e. The van der Waals surface area contributed by atoms with Gasteiger partial charge in [0.1, 0.15) is 12.2 Å². The maximum atomic E-state index is 4.26. The third kappa shape index (κ3) is 3.10. The molecule has 2 rings (SSSR count). The summed E-state index contributed by atoms with van der Waals surface area (Å²) in [4.78, 5) is 8.50. The van der Waals surface area contributed by atoms with Crippen LogP contribution in [0.2, 0.25) is 0 Å². The number of hydrogen-bond donors (Lipinski definition) is 1. The van der Waals surface area contributed by atoms with Gasteiger partial charge >= 0.3 is 0 Å². The van der Waals surface area contributed by atoms with Gasteiger partial charge in [0.15, 0.2) is 5.82 Å². The third-order valence-corrected chi connectivity index (χ3v) is 2.32. The van der Waals surface area contributed by atoms with Gasteiger partial charge in [0.2, 0.25) is 0 Å². The van der Waals surface area contributed by atoms with Crippen LogP contribution in [0, 0.1) is 5.92 Å². The Kier molecular flexibility index (Phi) is 3.82. The van der Waals surface area contributed by atoms with Crippen molar-refractivity contribution >= 4 is 0 Å². The monoisotopic (exact) mass is 231 g/mol. The van der Waals surface area contributed by atoms with Gasteiger partial charge in [-0.25, -0.2) is 9.97 Å². The van der Waals surface area contributed by atoms with Gasteiger partial charge in [0.05, 0.1) is 6.54 Å². The molecule has 0 fully saturated rings. The highest BCUT2D eigenvalue weighted by atomic mass is 15.4. The second kappa shape index (κ2) is 5.54. The first-order chi connectivity index (χ1) is 8.27. The molecule has 0 amide bonds. The predicted octanol–water partition coefficient (Wildman–Crippen LogP) is 1.41. The summed E-state index contributed by atoms with van der Waals surface area (Å²) in [7, 11) is 0. The number of pyridine rings is 1. The van der Waals surface area contributed by atoms with Crippen LogP contribution in [-0.2, 0) is 6.54 Å². The van der Waals surface area contributed by atoms with E-state index in [1.54, 1.807) is 17.2 Å². The Labute approximate surface area is 101 Å². The lowest BCUT2D eigenvalue weighted by Crippen LogP contribution is -2.21. The molecule has 0 atom stereocenters. The summed E-state index contributed by atoms with van der Waals surface area (Å²) in [6, 6.07) is 5.74. The molecule has 0 aliphatic carbocycles. The Bertz CT molecular complexity index is 449. The molecule has 5 heteroatoms. The van der Waals surface area contributed by atoms with Gasteiger partial charge < -0.3 is 5.32 Å². The van der Waals surface area contributed by atoms with E-state index < -0.39 is 0 Å². The molecule has 2 heterocycles. The standard InChI is InChI=1S/C12H17N5/c1-10(2)7-13-8-12-15-9-16-17(12)11-5-3-4-6-14-11/h3-6,9-10,13H,7-8H2,1-2H3. The van der Waals surface area contributed by atoms with Gasteiger partial charge in [0.25, 0.3) is 0 Å². The molecule has 1 N–H and O–H groups in total. The summed E-state index contributed by atoms with van der Waals surface area (Å²) in [6.45, 7) is 6.02. The highest BCUT2D eigenvalue weighted by molar-refractivity contribution is 5.20. The van der Waals surface area contributed by atoms with Gasteiger partial charge in [0, 0.05) is 6.20 Å². The fraction of sp³-hybridized carbons (Fsp3) is 0.417. The molecule has 0 aromatic carbocycles. The predicted molar refractivity (Wildman–Crippen MR) is 65.7 cm³/mol. The molecule has 0 saturated heterocycles. The van der Waals surface area contributed by atoms with E-state index in [4.69, 9.17) is 0 Å². The molecule has 0 bridgehead atoms. The minimum atomic E-state index is 0.626. The van der Waals surface area contributed by atoms with Crippen LogP contribution in [-0.4, -0.2) is 26.3 Å². The fourth-order valence-electron chi connectivity index (χ4n) is 1.53. The SMILES string of the molecule is CC(C)CNCc1ncnn1-c1ccccn1. The summed E-state index contributed by atoms with van der Waals surface area (Å²) in [5, 5.41) is 7.53. The molecule has 5 nitrogen and oxygen atoms in total. The lowest BCUT2D eigenvalue weighted by atomic mass is 10.2. The Hall–Kier alpha value is -1.75. The fourth-order valence-corrected chi connectivity index (χ4v) is 1.53. The van der Waals surface area contributed by atoms with E-state index in [9.17, 15) is 0 Å². The van der Waals surface area contributed by atoms with E-state index in [-0.39, 0.29) is 0 Å². The quantitative estimate of drug-likeness (QED) is 0.845. The number of rotatable bonds is 5. The number of hydrogen-bond acceptors (Lipinski definition) is 4. The van der Waals surface area contributed by atoms with Crippen molar-refractivity contribution in [3.8, 4) is 5.82 Å². The van der Waals surface area contributed by atoms with Crippen molar-refractivity contribution in [2.45, 2.75) is 20.4 Å². The first-order valence-electron chi connectivity index (χ1n) is 5.78. The highest BCUT2D eigenvalue weighted by Gasteiger charge is 2.06. The molecule has 2 aromatic rings. The zero-order valence-electron chi connectivity index (χ0n) is 10.2. The summed E-state index contributed by atoms with van der Waals surface area (Å²) in [5.41, 5.74) is 0. The third-order valence-electron chi connectivity index (χ3n) is 2.32. The number of nitrogens with zero attached hydrogens (tertiary/aromatic N) is 4. The second-order valence-electron chi connectivity index (χ2n) is 4.30. The molecule has 0 aliphatic heterocycles. The van der Waals surface area contributed by atoms with Gasteiger partial charge in [-0.15, -0.1) is 0 Å². The molecule has 90 valence electrons. The minimum absolute atomic E-state index is 0.626. The Morgan fingerprint density at radius 2 is 2.18 bits per heavy atom. The molecule has 0 aliphatic rings. The number of nitrogens with one attached hydrogen (secondary N) is 1. The average molecular weight is 231 g/mol. The van der Waals surface area contributed by atoms with Crippen LogP contribution in [0.4, 0.5) is 0 Å². The average Bonchev–Trinajstić information content (AvgIpc) is 2.78. The maximum absolute atomic E-state index is 4.26. The van der Waals surface area contributed by atoms with Crippen LogP contribution in [0.3, 0.4) is 0 Å². The smallest absolute Gasteiger partial charge is 0.155 e. The van der Waals surface area contributed by atoms with Crippen molar-refractivity contribution in [3.63, 3.8) is 0 Å². The largest absolute Gasteiger partial charge is 0.310 e. The van der Waals surface area contributed by atoms with Crippen LogP contribution in [0.25, 0.3) is 5.82 Å². The van der Waals surface area contributed by atoms with E-state index >= 15 is 0 Å². The lowest BCUT2D eigenvalue weighted by molar-refractivity contribution is 0.537. The van der Waals surface area contributed by atoms with E-state index in [0.717, 1.165) is 18.2 Å². The molecule has 17 heavy (non-hydrogen) atoms. The summed E-state index contributed by atoms with van der Waals surface area (Å²) in [6.07, 6.45) is 3.31. The van der Waals surface area contributed by atoms with Crippen LogP contribution >= 0.6 is 0 Å². The molecule has 0 radical (unpaired) electrons. The molecule has 0 saturated carbocycles. The van der Waals surface area contributed by atoms with Gasteiger partial charge in [-0.3, -0.25) is 0 Å². The summed E-state index contributed by atoms with van der Waals surface area (Å²) in [5.74, 6) is 2.30. The lowest BCUT2D eigenvalue weighted by Gasteiger charge is -2.08.